The SMILES string of the molecule is CC1C(C)C(C)C2NC(C)(C)CC2C1C. The third kappa shape index (κ3) is 1.73. The average Bonchev–Trinajstić information content (AvgIpc) is 2.48. The third-order valence-corrected chi connectivity index (χ3v) is 5.49. The fourth-order valence-electron chi connectivity index (χ4n) is 4.04. The monoisotopic (exact) mass is 209 g/mol. The molecular formula is C14H27N. The normalized spacial score (nSPS) is 54.0. The van der Waals surface area contributed by atoms with Gasteiger partial charge in [-0.05, 0) is 49.9 Å². The summed E-state index contributed by atoms with van der Waals surface area (Å²) < 4.78 is 0. The highest BCUT2D eigenvalue weighted by atomic mass is 15.1. The van der Waals surface area contributed by atoms with E-state index < -0.39 is 0 Å². The molecular weight excluding hydrogens is 182 g/mol. The molecule has 0 aromatic heterocycles. The van der Waals surface area contributed by atoms with Crippen LogP contribution in [0.3, 0.4) is 0 Å². The van der Waals surface area contributed by atoms with Crippen LogP contribution in [0.1, 0.15) is 48.0 Å². The summed E-state index contributed by atoms with van der Waals surface area (Å²) in [6.07, 6.45) is 1.36. The van der Waals surface area contributed by atoms with Gasteiger partial charge >= 0.3 is 0 Å². The van der Waals surface area contributed by atoms with Crippen molar-refractivity contribution in [3.8, 4) is 0 Å². The second kappa shape index (κ2) is 3.48. The summed E-state index contributed by atoms with van der Waals surface area (Å²) in [5, 5.41) is 3.86. The number of fused-ring (bicyclic) bond motifs is 1. The largest absolute Gasteiger partial charge is 0.308 e. The number of hydrogen-bond acceptors (Lipinski definition) is 1. The quantitative estimate of drug-likeness (QED) is 0.645. The van der Waals surface area contributed by atoms with E-state index in [0.717, 1.165) is 35.6 Å². The highest BCUT2D eigenvalue weighted by Crippen LogP contribution is 2.48. The maximum absolute atomic E-state index is 3.86. The van der Waals surface area contributed by atoms with Gasteiger partial charge in [-0.2, -0.15) is 0 Å². The highest BCUT2D eigenvalue weighted by molar-refractivity contribution is 5.05. The first kappa shape index (κ1) is 11.4. The molecule has 6 atom stereocenters. The Kier molecular flexibility index (Phi) is 2.65. The summed E-state index contributed by atoms with van der Waals surface area (Å²) in [5.74, 6) is 4.37. The van der Waals surface area contributed by atoms with Crippen molar-refractivity contribution in [2.24, 2.45) is 29.6 Å². The second-order valence-corrected chi connectivity index (χ2v) is 6.86. The van der Waals surface area contributed by atoms with Gasteiger partial charge in [-0.1, -0.05) is 27.7 Å². The van der Waals surface area contributed by atoms with Crippen molar-refractivity contribution in [2.45, 2.75) is 59.5 Å². The minimum atomic E-state index is 0.363. The molecule has 0 amide bonds. The van der Waals surface area contributed by atoms with Gasteiger partial charge in [0, 0.05) is 11.6 Å². The molecule has 0 radical (unpaired) electrons. The molecule has 0 spiro atoms. The van der Waals surface area contributed by atoms with E-state index in [0.29, 0.717) is 5.54 Å². The molecule has 1 aliphatic carbocycles. The maximum atomic E-state index is 3.86. The summed E-state index contributed by atoms with van der Waals surface area (Å²) in [5.41, 5.74) is 0.363. The van der Waals surface area contributed by atoms with Gasteiger partial charge in [-0.25, -0.2) is 0 Å². The average molecular weight is 209 g/mol. The molecule has 88 valence electrons. The van der Waals surface area contributed by atoms with Crippen LogP contribution in [0.2, 0.25) is 0 Å². The molecule has 0 aromatic carbocycles. The molecule has 1 nitrogen and oxygen atoms in total. The molecule has 1 saturated heterocycles. The van der Waals surface area contributed by atoms with Gasteiger partial charge in [-0.3, -0.25) is 0 Å². The van der Waals surface area contributed by atoms with E-state index in [1.54, 1.807) is 0 Å². The Bertz CT molecular complexity index is 222. The van der Waals surface area contributed by atoms with Gasteiger partial charge in [0.2, 0.25) is 0 Å². The lowest BCUT2D eigenvalue weighted by Gasteiger charge is -2.45. The minimum Gasteiger partial charge on any atom is -0.308 e. The van der Waals surface area contributed by atoms with Crippen LogP contribution in [0.15, 0.2) is 0 Å². The van der Waals surface area contributed by atoms with Crippen LogP contribution in [0.25, 0.3) is 0 Å². The van der Waals surface area contributed by atoms with Gasteiger partial charge < -0.3 is 5.32 Å². The van der Waals surface area contributed by atoms with Crippen molar-refractivity contribution < 1.29 is 0 Å². The molecule has 1 aliphatic heterocycles. The molecule has 1 heterocycles. The molecule has 2 fully saturated rings. The van der Waals surface area contributed by atoms with Crippen molar-refractivity contribution >= 4 is 0 Å². The summed E-state index contributed by atoms with van der Waals surface area (Å²) in [6, 6.07) is 0.765. The third-order valence-electron chi connectivity index (χ3n) is 5.49. The summed E-state index contributed by atoms with van der Waals surface area (Å²) in [4.78, 5) is 0. The Morgan fingerprint density at radius 3 is 2.00 bits per heavy atom. The second-order valence-electron chi connectivity index (χ2n) is 6.86. The topological polar surface area (TPSA) is 12.0 Å². The minimum absolute atomic E-state index is 0.363. The van der Waals surface area contributed by atoms with Gasteiger partial charge in [0.25, 0.3) is 0 Å². The molecule has 1 N–H and O–H groups in total. The summed E-state index contributed by atoms with van der Waals surface area (Å²) in [6.45, 7) is 14.5. The van der Waals surface area contributed by atoms with E-state index in [1.807, 2.05) is 0 Å². The summed E-state index contributed by atoms with van der Waals surface area (Å²) in [7, 11) is 0. The molecule has 2 rings (SSSR count). The van der Waals surface area contributed by atoms with E-state index in [-0.39, 0.29) is 0 Å². The number of rotatable bonds is 0. The number of hydrogen-bond donors (Lipinski definition) is 1. The van der Waals surface area contributed by atoms with Crippen LogP contribution in [0.4, 0.5) is 0 Å². The van der Waals surface area contributed by atoms with Crippen LogP contribution < -0.4 is 5.32 Å². The van der Waals surface area contributed by atoms with E-state index in [2.05, 4.69) is 46.9 Å². The molecule has 1 saturated carbocycles. The Morgan fingerprint density at radius 1 is 0.867 bits per heavy atom. The first-order valence-electron chi connectivity index (χ1n) is 6.61. The molecule has 1 heteroatoms. The van der Waals surface area contributed by atoms with Gasteiger partial charge in [0.15, 0.2) is 0 Å². The van der Waals surface area contributed by atoms with E-state index in [1.165, 1.54) is 6.42 Å². The molecule has 15 heavy (non-hydrogen) atoms. The predicted octanol–water partition coefficient (Wildman–Crippen LogP) is 3.30. The zero-order chi connectivity index (χ0) is 11.4. The lowest BCUT2D eigenvalue weighted by molar-refractivity contribution is 0.0601. The maximum Gasteiger partial charge on any atom is 0.0132 e. The molecule has 6 unspecified atom stereocenters. The van der Waals surface area contributed by atoms with Crippen molar-refractivity contribution in [2.75, 3.05) is 0 Å². The first-order valence-corrected chi connectivity index (χ1v) is 6.61. The van der Waals surface area contributed by atoms with E-state index >= 15 is 0 Å². The van der Waals surface area contributed by atoms with E-state index in [9.17, 15) is 0 Å². The van der Waals surface area contributed by atoms with Crippen molar-refractivity contribution in [1.29, 1.82) is 0 Å². The van der Waals surface area contributed by atoms with Crippen LogP contribution in [-0.4, -0.2) is 11.6 Å². The van der Waals surface area contributed by atoms with Crippen LogP contribution in [0, 0.1) is 29.6 Å². The Labute approximate surface area is 95.0 Å². The van der Waals surface area contributed by atoms with E-state index in [4.69, 9.17) is 0 Å². The number of nitrogens with one attached hydrogen (secondary N) is 1. The zero-order valence-corrected chi connectivity index (χ0v) is 11.2. The Hall–Kier alpha value is -0.0400. The lowest BCUT2D eigenvalue weighted by atomic mass is 9.62. The van der Waals surface area contributed by atoms with Crippen molar-refractivity contribution in [3.63, 3.8) is 0 Å². The van der Waals surface area contributed by atoms with Crippen molar-refractivity contribution in [3.05, 3.63) is 0 Å². The molecule has 2 aliphatic rings. The lowest BCUT2D eigenvalue weighted by Crippen LogP contribution is -2.49. The molecule has 0 bridgehead atoms. The predicted molar refractivity (Wildman–Crippen MR) is 65.8 cm³/mol. The fraction of sp³-hybridized carbons (Fsp3) is 1.00. The van der Waals surface area contributed by atoms with Crippen molar-refractivity contribution in [1.82, 2.24) is 5.32 Å². The standard InChI is InChI=1S/C14H27N/c1-8-9(2)11(4)13-12(10(8)3)7-14(5,6)15-13/h8-13,15H,7H2,1-6H3. The summed E-state index contributed by atoms with van der Waals surface area (Å²) >= 11 is 0. The molecule has 0 aromatic rings. The fourth-order valence-corrected chi connectivity index (χ4v) is 4.04. The first-order chi connectivity index (χ1) is 6.83. The Balaban J connectivity index is 2.23. The van der Waals surface area contributed by atoms with Crippen LogP contribution in [-0.2, 0) is 0 Å². The van der Waals surface area contributed by atoms with Gasteiger partial charge in [0.1, 0.15) is 0 Å². The van der Waals surface area contributed by atoms with Crippen LogP contribution >= 0.6 is 0 Å². The van der Waals surface area contributed by atoms with Gasteiger partial charge in [-0.15, -0.1) is 0 Å². The smallest absolute Gasteiger partial charge is 0.0132 e. The van der Waals surface area contributed by atoms with Gasteiger partial charge in [0.05, 0.1) is 0 Å². The zero-order valence-electron chi connectivity index (χ0n) is 11.2. The highest BCUT2D eigenvalue weighted by Gasteiger charge is 2.50. The Morgan fingerprint density at radius 2 is 1.40 bits per heavy atom. The van der Waals surface area contributed by atoms with Crippen LogP contribution in [0.5, 0.6) is 0 Å².